The van der Waals surface area contributed by atoms with Gasteiger partial charge in [-0.2, -0.15) is 0 Å². The molecule has 5 nitrogen and oxygen atoms in total. The molecule has 0 amide bonds. The van der Waals surface area contributed by atoms with Gasteiger partial charge in [0.1, 0.15) is 5.25 Å². The van der Waals surface area contributed by atoms with Gasteiger partial charge < -0.3 is 5.11 Å². The molecule has 0 bridgehead atoms. The van der Waals surface area contributed by atoms with E-state index in [1.807, 2.05) is 61.5 Å². The predicted molar refractivity (Wildman–Crippen MR) is 125 cm³/mol. The number of carboxylic acids is 1. The minimum Gasteiger partial charge on any atom is -0.480 e. The van der Waals surface area contributed by atoms with E-state index in [0.29, 0.717) is 28.2 Å². The van der Waals surface area contributed by atoms with Crippen molar-refractivity contribution in [1.82, 2.24) is 9.55 Å². The van der Waals surface area contributed by atoms with Crippen molar-refractivity contribution in [2.24, 2.45) is 0 Å². The lowest BCUT2D eigenvalue weighted by atomic mass is 10.1. The predicted octanol–water partition coefficient (Wildman–Crippen LogP) is 5.09. The fourth-order valence-electron chi connectivity index (χ4n) is 3.29. The van der Waals surface area contributed by atoms with Crippen LogP contribution >= 0.6 is 34.4 Å². The molecular formula is C22H17IN2O3S. The highest BCUT2D eigenvalue weighted by atomic mass is 127. The van der Waals surface area contributed by atoms with Crippen molar-refractivity contribution in [2.45, 2.75) is 23.9 Å². The van der Waals surface area contributed by atoms with Gasteiger partial charge in [-0.25, -0.2) is 4.98 Å². The Balaban J connectivity index is 1.88. The van der Waals surface area contributed by atoms with Crippen molar-refractivity contribution < 1.29 is 9.90 Å². The molecule has 3 aromatic carbocycles. The van der Waals surface area contributed by atoms with Crippen molar-refractivity contribution in [3.63, 3.8) is 0 Å². The summed E-state index contributed by atoms with van der Waals surface area (Å²) in [5.74, 6) is -0.965. The first-order valence-electron chi connectivity index (χ1n) is 9.06. The highest BCUT2D eigenvalue weighted by Gasteiger charge is 2.24. The van der Waals surface area contributed by atoms with Crippen molar-refractivity contribution >= 4 is 62.0 Å². The molecule has 146 valence electrons. The zero-order chi connectivity index (χ0) is 20.5. The number of halogens is 1. The van der Waals surface area contributed by atoms with Gasteiger partial charge in [-0.1, -0.05) is 48.2 Å². The molecule has 0 radical (unpaired) electrons. The molecule has 0 spiro atoms. The summed E-state index contributed by atoms with van der Waals surface area (Å²) in [6.45, 7) is 2.27. The second-order valence-corrected chi connectivity index (χ2v) is 8.87. The SMILES string of the molecule is CCn1c(SC(C(=O)O)c2cccc(I)c2)nc2cc3ccccc3cc2c1=O. The van der Waals surface area contributed by atoms with Crippen LogP contribution < -0.4 is 5.56 Å². The molecule has 0 aliphatic carbocycles. The van der Waals surface area contributed by atoms with Gasteiger partial charge >= 0.3 is 5.97 Å². The third-order valence-corrected chi connectivity index (χ3v) is 6.60. The lowest BCUT2D eigenvalue weighted by Crippen LogP contribution is -2.23. The van der Waals surface area contributed by atoms with Crippen LogP contribution in [0.4, 0.5) is 0 Å². The average molecular weight is 516 g/mol. The van der Waals surface area contributed by atoms with E-state index in [-0.39, 0.29) is 5.56 Å². The van der Waals surface area contributed by atoms with Crippen LogP contribution in [0, 0.1) is 3.57 Å². The van der Waals surface area contributed by atoms with Crippen LogP contribution in [0.2, 0.25) is 0 Å². The molecule has 1 unspecified atom stereocenters. The van der Waals surface area contributed by atoms with Crippen LogP contribution in [0.1, 0.15) is 17.7 Å². The van der Waals surface area contributed by atoms with Gasteiger partial charge in [0.2, 0.25) is 0 Å². The fourth-order valence-corrected chi connectivity index (χ4v) is 4.94. The summed E-state index contributed by atoms with van der Waals surface area (Å²) in [5, 5.41) is 11.9. The first-order valence-corrected chi connectivity index (χ1v) is 11.0. The lowest BCUT2D eigenvalue weighted by molar-refractivity contribution is -0.136. The summed E-state index contributed by atoms with van der Waals surface area (Å²) in [7, 11) is 0. The Morgan fingerprint density at radius 3 is 2.52 bits per heavy atom. The van der Waals surface area contributed by atoms with E-state index in [0.717, 1.165) is 26.1 Å². The molecule has 4 aromatic rings. The summed E-state index contributed by atoms with van der Waals surface area (Å²) < 4.78 is 2.50. The molecule has 0 aliphatic rings. The van der Waals surface area contributed by atoms with Gasteiger partial charge in [0.05, 0.1) is 10.9 Å². The molecule has 0 saturated heterocycles. The van der Waals surface area contributed by atoms with Gasteiger partial charge in [-0.3, -0.25) is 14.2 Å². The van der Waals surface area contributed by atoms with E-state index in [1.165, 1.54) is 0 Å². The van der Waals surface area contributed by atoms with Crippen molar-refractivity contribution in [1.29, 1.82) is 0 Å². The number of aromatic nitrogens is 2. The molecule has 1 atom stereocenters. The normalized spacial score (nSPS) is 12.3. The molecule has 29 heavy (non-hydrogen) atoms. The Hall–Kier alpha value is -2.39. The van der Waals surface area contributed by atoms with Crippen LogP contribution in [-0.4, -0.2) is 20.6 Å². The van der Waals surface area contributed by atoms with Crippen molar-refractivity contribution in [3.05, 3.63) is 80.2 Å². The number of thioether (sulfide) groups is 1. The minimum absolute atomic E-state index is 0.155. The second-order valence-electron chi connectivity index (χ2n) is 6.55. The Bertz CT molecular complexity index is 1300. The molecule has 1 aromatic heterocycles. The van der Waals surface area contributed by atoms with Crippen LogP contribution in [0.25, 0.3) is 21.7 Å². The number of hydrogen-bond acceptors (Lipinski definition) is 4. The Morgan fingerprint density at radius 2 is 1.86 bits per heavy atom. The fraction of sp³-hybridized carbons (Fsp3) is 0.136. The summed E-state index contributed by atoms with van der Waals surface area (Å²) in [5.41, 5.74) is 1.09. The van der Waals surface area contributed by atoms with E-state index in [4.69, 9.17) is 0 Å². The number of carboxylic acid groups (broad SMARTS) is 1. The first kappa shape index (κ1) is 19.9. The molecule has 7 heteroatoms. The van der Waals surface area contributed by atoms with Crippen LogP contribution in [0.3, 0.4) is 0 Å². The summed E-state index contributed by atoms with van der Waals surface area (Å²) in [4.78, 5) is 29.8. The van der Waals surface area contributed by atoms with E-state index in [9.17, 15) is 14.7 Å². The van der Waals surface area contributed by atoms with Crippen LogP contribution in [-0.2, 0) is 11.3 Å². The zero-order valence-corrected chi connectivity index (χ0v) is 18.5. The third-order valence-electron chi connectivity index (χ3n) is 4.70. The molecule has 0 fully saturated rings. The Labute approximate surface area is 184 Å². The zero-order valence-electron chi connectivity index (χ0n) is 15.5. The van der Waals surface area contributed by atoms with Gasteiger partial charge in [-0.15, -0.1) is 0 Å². The van der Waals surface area contributed by atoms with E-state index >= 15 is 0 Å². The standard InChI is InChI=1S/C22H17IN2O3S/c1-2-25-20(26)17-11-13-6-3-4-7-14(13)12-18(17)24-22(25)29-19(21(27)28)15-8-5-9-16(23)10-15/h3-12,19H,2H2,1H3,(H,27,28). The van der Waals surface area contributed by atoms with Crippen molar-refractivity contribution in [3.8, 4) is 0 Å². The van der Waals surface area contributed by atoms with Gasteiger partial charge in [-0.05, 0) is 70.1 Å². The maximum absolute atomic E-state index is 13.1. The van der Waals surface area contributed by atoms with E-state index in [2.05, 4.69) is 27.6 Å². The lowest BCUT2D eigenvalue weighted by Gasteiger charge is -2.16. The van der Waals surface area contributed by atoms with Crippen LogP contribution in [0.5, 0.6) is 0 Å². The van der Waals surface area contributed by atoms with Crippen LogP contribution in [0.15, 0.2) is 70.6 Å². The summed E-state index contributed by atoms with van der Waals surface area (Å²) >= 11 is 3.25. The number of hydrogen-bond donors (Lipinski definition) is 1. The van der Waals surface area contributed by atoms with E-state index in [1.54, 1.807) is 10.6 Å². The quantitative estimate of drug-likeness (QED) is 0.173. The number of carbonyl (C=O) groups is 1. The topological polar surface area (TPSA) is 72.2 Å². The number of aliphatic carboxylic acids is 1. The number of fused-ring (bicyclic) bond motifs is 2. The van der Waals surface area contributed by atoms with Gasteiger partial charge in [0.15, 0.2) is 5.16 Å². The maximum Gasteiger partial charge on any atom is 0.321 e. The van der Waals surface area contributed by atoms with Gasteiger partial charge in [0.25, 0.3) is 5.56 Å². The Morgan fingerprint density at radius 1 is 1.14 bits per heavy atom. The molecule has 1 heterocycles. The minimum atomic E-state index is -0.965. The summed E-state index contributed by atoms with van der Waals surface area (Å²) in [6, 6.07) is 18.9. The number of nitrogens with zero attached hydrogens (tertiary/aromatic N) is 2. The smallest absolute Gasteiger partial charge is 0.321 e. The molecular weight excluding hydrogens is 499 g/mol. The first-order chi connectivity index (χ1) is 14.0. The third kappa shape index (κ3) is 3.89. The number of rotatable bonds is 5. The molecule has 0 aliphatic heterocycles. The van der Waals surface area contributed by atoms with Crippen molar-refractivity contribution in [2.75, 3.05) is 0 Å². The average Bonchev–Trinajstić information content (AvgIpc) is 2.71. The van der Waals surface area contributed by atoms with Gasteiger partial charge in [0, 0.05) is 10.1 Å². The maximum atomic E-state index is 13.1. The monoisotopic (exact) mass is 516 g/mol. The molecule has 4 rings (SSSR count). The second kappa shape index (κ2) is 8.16. The van der Waals surface area contributed by atoms with E-state index < -0.39 is 11.2 Å². The Kier molecular flexibility index (Phi) is 5.60. The highest BCUT2D eigenvalue weighted by Crippen LogP contribution is 2.35. The highest BCUT2D eigenvalue weighted by molar-refractivity contribution is 14.1. The summed E-state index contributed by atoms with van der Waals surface area (Å²) in [6.07, 6.45) is 0. The molecule has 0 saturated carbocycles. The largest absolute Gasteiger partial charge is 0.480 e. The molecule has 1 N–H and O–H groups in total. The number of benzene rings is 3.